The Hall–Kier alpha value is -1.09. The molecule has 0 saturated heterocycles. The van der Waals surface area contributed by atoms with Crippen molar-refractivity contribution in [2.45, 2.75) is 20.3 Å². The third-order valence-electron chi connectivity index (χ3n) is 1.95. The number of hydrogen-bond donors (Lipinski definition) is 1. The van der Waals surface area contributed by atoms with E-state index in [4.69, 9.17) is 0 Å². The van der Waals surface area contributed by atoms with Crippen LogP contribution in [-0.2, 0) is 6.42 Å². The number of nitrogens with zero attached hydrogens (tertiary/aromatic N) is 1. The lowest BCUT2D eigenvalue weighted by molar-refractivity contribution is 1.19. The second-order valence-corrected chi connectivity index (χ2v) is 4.20. The molecule has 0 aromatic carbocycles. The van der Waals surface area contributed by atoms with Crippen LogP contribution in [0.25, 0.3) is 10.7 Å². The van der Waals surface area contributed by atoms with E-state index in [0.29, 0.717) is 0 Å². The third kappa shape index (κ3) is 1.65. The Balaban J connectivity index is 2.35. The average Bonchev–Trinajstić information content (AvgIpc) is 2.71. The van der Waals surface area contributed by atoms with Crippen LogP contribution in [-0.4, -0.2) is 9.97 Å². The minimum absolute atomic E-state index is 0.988. The van der Waals surface area contributed by atoms with Gasteiger partial charge in [-0.1, -0.05) is 6.92 Å². The van der Waals surface area contributed by atoms with Gasteiger partial charge in [-0.25, -0.2) is 4.98 Å². The number of imidazole rings is 1. The number of aromatic amines is 1. The summed E-state index contributed by atoms with van der Waals surface area (Å²) in [5.74, 6) is 0.988. The van der Waals surface area contributed by atoms with Crippen molar-refractivity contribution in [3.63, 3.8) is 0 Å². The molecule has 0 saturated carbocycles. The Morgan fingerprint density at radius 2 is 2.31 bits per heavy atom. The van der Waals surface area contributed by atoms with E-state index in [9.17, 15) is 0 Å². The largest absolute Gasteiger partial charge is 0.341 e. The van der Waals surface area contributed by atoms with Gasteiger partial charge < -0.3 is 4.98 Å². The second kappa shape index (κ2) is 3.34. The number of thiophene rings is 1. The highest BCUT2D eigenvalue weighted by Crippen LogP contribution is 2.25. The zero-order valence-electron chi connectivity index (χ0n) is 7.79. The van der Waals surface area contributed by atoms with E-state index in [1.807, 2.05) is 13.1 Å². The molecule has 0 aliphatic heterocycles. The molecule has 0 spiro atoms. The minimum Gasteiger partial charge on any atom is -0.341 e. The first-order valence-corrected chi connectivity index (χ1v) is 5.22. The third-order valence-corrected chi connectivity index (χ3v) is 3.18. The molecule has 0 atom stereocenters. The lowest BCUT2D eigenvalue weighted by Crippen LogP contribution is -1.73. The summed E-state index contributed by atoms with van der Waals surface area (Å²) in [6.07, 6.45) is 2.96. The van der Waals surface area contributed by atoms with E-state index in [1.165, 1.54) is 9.75 Å². The highest BCUT2D eigenvalue weighted by atomic mass is 32.1. The van der Waals surface area contributed by atoms with Gasteiger partial charge in [0.15, 0.2) is 0 Å². The van der Waals surface area contributed by atoms with Gasteiger partial charge >= 0.3 is 0 Å². The van der Waals surface area contributed by atoms with E-state index in [-0.39, 0.29) is 0 Å². The van der Waals surface area contributed by atoms with Crippen LogP contribution in [0.5, 0.6) is 0 Å². The van der Waals surface area contributed by atoms with Crippen LogP contribution in [0.2, 0.25) is 0 Å². The van der Waals surface area contributed by atoms with Gasteiger partial charge in [0.1, 0.15) is 5.82 Å². The summed E-state index contributed by atoms with van der Waals surface area (Å²) in [6.45, 7) is 4.19. The zero-order valence-corrected chi connectivity index (χ0v) is 8.61. The predicted octanol–water partition coefficient (Wildman–Crippen LogP) is 3.01. The summed E-state index contributed by atoms with van der Waals surface area (Å²) < 4.78 is 0. The van der Waals surface area contributed by atoms with E-state index >= 15 is 0 Å². The fourth-order valence-electron chi connectivity index (χ4n) is 1.23. The lowest BCUT2D eigenvalue weighted by Gasteiger charge is -1.88. The van der Waals surface area contributed by atoms with Gasteiger partial charge in [-0.05, 0) is 25.5 Å². The molecular weight excluding hydrogens is 180 g/mol. The number of hydrogen-bond acceptors (Lipinski definition) is 2. The van der Waals surface area contributed by atoms with Gasteiger partial charge in [0, 0.05) is 16.8 Å². The van der Waals surface area contributed by atoms with Crippen LogP contribution in [0, 0.1) is 6.92 Å². The molecule has 0 fully saturated rings. The normalized spacial score (nSPS) is 10.6. The second-order valence-electron chi connectivity index (χ2n) is 3.03. The Bertz CT molecular complexity index is 400. The first-order chi connectivity index (χ1) is 6.29. The average molecular weight is 192 g/mol. The minimum atomic E-state index is 0.988. The summed E-state index contributed by atoms with van der Waals surface area (Å²) in [4.78, 5) is 10.2. The standard InChI is InChI=1S/C10H12N2S/c1-3-8-4-5-9(13-8)10-11-6-7(2)12-10/h4-6H,3H2,1-2H3,(H,11,12). The van der Waals surface area contributed by atoms with Crippen LogP contribution >= 0.6 is 11.3 Å². The summed E-state index contributed by atoms with van der Waals surface area (Å²) in [6, 6.07) is 4.29. The maximum atomic E-state index is 4.29. The Morgan fingerprint density at radius 3 is 2.85 bits per heavy atom. The molecule has 2 nitrogen and oxygen atoms in total. The van der Waals surface area contributed by atoms with Gasteiger partial charge in [-0.15, -0.1) is 11.3 Å². The number of H-pyrrole nitrogens is 1. The highest BCUT2D eigenvalue weighted by molar-refractivity contribution is 7.15. The molecule has 2 heterocycles. The first kappa shape index (κ1) is 8.51. The topological polar surface area (TPSA) is 28.7 Å². The van der Waals surface area contributed by atoms with Crippen LogP contribution in [0.15, 0.2) is 18.3 Å². The van der Waals surface area contributed by atoms with Crippen molar-refractivity contribution in [1.29, 1.82) is 0 Å². The van der Waals surface area contributed by atoms with Crippen LogP contribution in [0.3, 0.4) is 0 Å². The molecule has 3 heteroatoms. The number of aromatic nitrogens is 2. The van der Waals surface area contributed by atoms with Crippen molar-refractivity contribution in [3.8, 4) is 10.7 Å². The molecule has 2 aromatic heterocycles. The molecule has 2 aromatic rings. The summed E-state index contributed by atoms with van der Waals surface area (Å²) in [5.41, 5.74) is 1.11. The smallest absolute Gasteiger partial charge is 0.147 e. The molecular formula is C10H12N2S. The molecule has 1 N–H and O–H groups in total. The van der Waals surface area contributed by atoms with Gasteiger partial charge in [-0.3, -0.25) is 0 Å². The fraction of sp³-hybridized carbons (Fsp3) is 0.300. The van der Waals surface area contributed by atoms with E-state index in [0.717, 1.165) is 17.9 Å². The number of aryl methyl sites for hydroxylation is 2. The monoisotopic (exact) mass is 192 g/mol. The maximum Gasteiger partial charge on any atom is 0.147 e. The van der Waals surface area contributed by atoms with Crippen LogP contribution in [0.4, 0.5) is 0 Å². The molecule has 0 amide bonds. The molecule has 0 aliphatic carbocycles. The van der Waals surface area contributed by atoms with Gasteiger partial charge in [-0.2, -0.15) is 0 Å². The zero-order chi connectivity index (χ0) is 9.26. The van der Waals surface area contributed by atoms with E-state index in [1.54, 1.807) is 11.3 Å². The molecule has 2 rings (SSSR count). The van der Waals surface area contributed by atoms with Crippen molar-refractivity contribution < 1.29 is 0 Å². The molecule has 0 radical (unpaired) electrons. The van der Waals surface area contributed by atoms with Crippen molar-refractivity contribution in [3.05, 3.63) is 28.9 Å². The Morgan fingerprint density at radius 1 is 1.46 bits per heavy atom. The van der Waals surface area contributed by atoms with Crippen molar-refractivity contribution in [2.75, 3.05) is 0 Å². The van der Waals surface area contributed by atoms with Crippen LogP contribution in [0.1, 0.15) is 17.5 Å². The maximum absolute atomic E-state index is 4.29. The van der Waals surface area contributed by atoms with Gasteiger partial charge in [0.2, 0.25) is 0 Å². The molecule has 0 bridgehead atoms. The Labute approximate surface area is 81.7 Å². The quantitative estimate of drug-likeness (QED) is 0.778. The van der Waals surface area contributed by atoms with Crippen LogP contribution < -0.4 is 0 Å². The molecule has 68 valence electrons. The summed E-state index contributed by atoms with van der Waals surface area (Å²) in [7, 11) is 0. The van der Waals surface area contributed by atoms with Gasteiger partial charge in [0.25, 0.3) is 0 Å². The van der Waals surface area contributed by atoms with Crippen molar-refractivity contribution in [1.82, 2.24) is 9.97 Å². The number of rotatable bonds is 2. The van der Waals surface area contributed by atoms with Gasteiger partial charge in [0.05, 0.1) is 4.88 Å². The molecule has 13 heavy (non-hydrogen) atoms. The summed E-state index contributed by atoms with van der Waals surface area (Å²) >= 11 is 1.81. The van der Waals surface area contributed by atoms with E-state index < -0.39 is 0 Å². The fourth-order valence-corrected chi connectivity index (χ4v) is 2.13. The van der Waals surface area contributed by atoms with E-state index in [2.05, 4.69) is 29.0 Å². The number of nitrogens with one attached hydrogen (secondary N) is 1. The van der Waals surface area contributed by atoms with Crippen molar-refractivity contribution >= 4 is 11.3 Å². The highest BCUT2D eigenvalue weighted by Gasteiger charge is 2.03. The molecule has 0 unspecified atom stereocenters. The summed E-state index contributed by atoms with van der Waals surface area (Å²) in [5, 5.41) is 0. The van der Waals surface area contributed by atoms with Crippen molar-refractivity contribution in [2.24, 2.45) is 0 Å². The Kier molecular flexibility index (Phi) is 2.19. The first-order valence-electron chi connectivity index (χ1n) is 4.40. The lowest BCUT2D eigenvalue weighted by atomic mass is 10.3. The molecule has 0 aliphatic rings. The predicted molar refractivity (Wildman–Crippen MR) is 56.0 cm³/mol. The SMILES string of the molecule is CCc1ccc(-c2ncc(C)[nH]2)s1.